The fourth-order valence-electron chi connectivity index (χ4n) is 3.24. The number of amides is 1. The Morgan fingerprint density at radius 3 is 2.31 bits per heavy atom. The Bertz CT molecular complexity index is 1200. The number of fused-ring (bicyclic) bond motifs is 1. The number of benzene rings is 2. The van der Waals surface area contributed by atoms with Crippen molar-refractivity contribution in [3.8, 4) is 0 Å². The Morgan fingerprint density at radius 2 is 1.66 bits per heavy atom. The monoisotopic (exact) mass is 440 g/mol. The molecule has 0 aliphatic carbocycles. The molecule has 1 aliphatic rings. The number of piperazine rings is 1. The highest BCUT2D eigenvalue weighted by atomic mass is 32.2. The summed E-state index contributed by atoms with van der Waals surface area (Å²) in [4.78, 5) is 14.0. The topological polar surface area (TPSA) is 57.7 Å². The van der Waals surface area contributed by atoms with Crippen LogP contribution in [0.15, 0.2) is 47.4 Å². The molecule has 1 aliphatic heterocycles. The largest absolute Gasteiger partial charge is 0.335 e. The van der Waals surface area contributed by atoms with Crippen LogP contribution in [0.25, 0.3) is 10.1 Å². The van der Waals surface area contributed by atoms with Gasteiger partial charge in [-0.1, -0.05) is 6.07 Å². The minimum atomic E-state index is -4.14. The predicted molar refractivity (Wildman–Crippen MR) is 103 cm³/mol. The number of hydrogen-bond acceptors (Lipinski definition) is 4. The summed E-state index contributed by atoms with van der Waals surface area (Å²) in [6.07, 6.45) is 0. The number of halogens is 3. The van der Waals surface area contributed by atoms with Gasteiger partial charge in [-0.3, -0.25) is 4.79 Å². The maximum absolute atomic E-state index is 13.9. The van der Waals surface area contributed by atoms with Gasteiger partial charge in [0.15, 0.2) is 0 Å². The van der Waals surface area contributed by atoms with Gasteiger partial charge in [-0.05, 0) is 30.3 Å². The van der Waals surface area contributed by atoms with Crippen molar-refractivity contribution in [1.82, 2.24) is 9.21 Å². The summed E-state index contributed by atoms with van der Waals surface area (Å²) in [7, 11) is -4.14. The lowest BCUT2D eigenvalue weighted by Gasteiger charge is -2.33. The molecule has 0 unspecified atom stereocenters. The molecule has 10 heteroatoms. The Hall–Kier alpha value is -2.43. The first-order chi connectivity index (χ1) is 13.8. The molecular formula is C19H15F3N2O3S2. The van der Waals surface area contributed by atoms with Crippen molar-refractivity contribution in [2.24, 2.45) is 0 Å². The highest BCUT2D eigenvalue weighted by Gasteiger charge is 2.32. The van der Waals surface area contributed by atoms with Crippen molar-refractivity contribution in [2.75, 3.05) is 26.2 Å². The van der Waals surface area contributed by atoms with Crippen LogP contribution in [0.4, 0.5) is 13.2 Å². The van der Waals surface area contributed by atoms with E-state index in [9.17, 15) is 26.4 Å². The number of thiophene rings is 1. The van der Waals surface area contributed by atoms with Gasteiger partial charge >= 0.3 is 0 Å². The fraction of sp³-hybridized carbons (Fsp3) is 0.211. The first-order valence-electron chi connectivity index (χ1n) is 8.70. The molecule has 0 bridgehead atoms. The van der Waals surface area contributed by atoms with Crippen LogP contribution in [-0.2, 0) is 10.0 Å². The lowest BCUT2D eigenvalue weighted by molar-refractivity contribution is 0.0702. The molecule has 4 rings (SSSR count). The van der Waals surface area contributed by atoms with Gasteiger partial charge in [0.05, 0.1) is 4.88 Å². The van der Waals surface area contributed by atoms with E-state index in [0.29, 0.717) is 21.0 Å². The summed E-state index contributed by atoms with van der Waals surface area (Å²) < 4.78 is 67.9. The third-order valence-corrected chi connectivity index (χ3v) is 7.78. The van der Waals surface area contributed by atoms with E-state index in [0.717, 1.165) is 16.4 Å². The highest BCUT2D eigenvalue weighted by molar-refractivity contribution is 7.89. The van der Waals surface area contributed by atoms with Crippen molar-refractivity contribution >= 4 is 37.4 Å². The number of nitrogens with zero attached hydrogens (tertiary/aromatic N) is 2. The average molecular weight is 440 g/mol. The van der Waals surface area contributed by atoms with Crippen LogP contribution in [0, 0.1) is 17.5 Å². The van der Waals surface area contributed by atoms with Crippen molar-refractivity contribution in [1.29, 1.82) is 0 Å². The Morgan fingerprint density at radius 1 is 0.931 bits per heavy atom. The maximum atomic E-state index is 13.9. The highest BCUT2D eigenvalue weighted by Crippen LogP contribution is 2.29. The summed E-state index contributed by atoms with van der Waals surface area (Å²) in [6, 6.07) is 8.41. The zero-order valence-corrected chi connectivity index (χ0v) is 16.6. The summed E-state index contributed by atoms with van der Waals surface area (Å²) in [5.74, 6) is -2.74. The van der Waals surface area contributed by atoms with E-state index in [1.807, 2.05) is 0 Å². The van der Waals surface area contributed by atoms with Crippen molar-refractivity contribution in [3.63, 3.8) is 0 Å². The minimum absolute atomic E-state index is 0.0237. The van der Waals surface area contributed by atoms with E-state index >= 15 is 0 Å². The molecule has 2 heterocycles. The molecule has 0 spiro atoms. The third kappa shape index (κ3) is 3.63. The van der Waals surface area contributed by atoms with Crippen LogP contribution < -0.4 is 0 Å². The standard InChI is InChI=1S/C19H15F3N2O3S2/c20-12-4-5-18(15(22)10-12)29(26,27)24-8-6-23(7-9-24)19(25)17-11-13-14(21)2-1-3-16(13)28-17/h1-5,10-11H,6-9H2. The number of sulfonamides is 1. The third-order valence-electron chi connectivity index (χ3n) is 4.76. The van der Waals surface area contributed by atoms with E-state index in [-0.39, 0.29) is 32.1 Å². The molecule has 1 fully saturated rings. The van der Waals surface area contributed by atoms with Crippen LogP contribution in [-0.4, -0.2) is 49.7 Å². The molecule has 0 saturated carbocycles. The summed E-state index contributed by atoms with van der Waals surface area (Å²) >= 11 is 1.17. The molecule has 3 aromatic rings. The van der Waals surface area contributed by atoms with Crippen molar-refractivity contribution in [3.05, 3.63) is 64.8 Å². The molecule has 5 nitrogen and oxygen atoms in total. The van der Waals surface area contributed by atoms with Crippen LogP contribution >= 0.6 is 11.3 Å². The number of carbonyl (C=O) groups is 1. The lowest BCUT2D eigenvalue weighted by Crippen LogP contribution is -2.50. The molecule has 152 valence electrons. The van der Waals surface area contributed by atoms with Gasteiger partial charge in [0, 0.05) is 42.3 Å². The van der Waals surface area contributed by atoms with E-state index in [4.69, 9.17) is 0 Å². The zero-order chi connectivity index (χ0) is 20.8. The Kier molecular flexibility index (Phi) is 5.09. The molecule has 0 radical (unpaired) electrons. The van der Waals surface area contributed by atoms with Gasteiger partial charge in [-0.15, -0.1) is 11.3 Å². The molecule has 1 amide bonds. The molecular weight excluding hydrogens is 425 g/mol. The van der Waals surface area contributed by atoms with Gasteiger partial charge < -0.3 is 4.90 Å². The van der Waals surface area contributed by atoms with Gasteiger partial charge in [0.25, 0.3) is 5.91 Å². The Labute approximate surface area is 169 Å². The number of hydrogen-bond donors (Lipinski definition) is 0. The SMILES string of the molecule is O=C(c1cc2c(F)cccc2s1)N1CCN(S(=O)(=O)c2ccc(F)cc2F)CC1. The predicted octanol–water partition coefficient (Wildman–Crippen LogP) is 3.47. The van der Waals surface area contributed by atoms with E-state index < -0.39 is 32.4 Å². The second-order valence-electron chi connectivity index (χ2n) is 6.53. The van der Waals surface area contributed by atoms with Gasteiger partial charge in [0.1, 0.15) is 22.3 Å². The van der Waals surface area contributed by atoms with Gasteiger partial charge in [-0.25, -0.2) is 21.6 Å². The van der Waals surface area contributed by atoms with Crippen molar-refractivity contribution in [2.45, 2.75) is 4.90 Å². The molecule has 29 heavy (non-hydrogen) atoms. The van der Waals surface area contributed by atoms with Crippen LogP contribution in [0.5, 0.6) is 0 Å². The molecule has 2 aromatic carbocycles. The molecule has 0 N–H and O–H groups in total. The van der Waals surface area contributed by atoms with Crippen LogP contribution in [0.3, 0.4) is 0 Å². The summed E-state index contributed by atoms with van der Waals surface area (Å²) in [5, 5.41) is 0.369. The Balaban J connectivity index is 1.49. The lowest BCUT2D eigenvalue weighted by atomic mass is 10.2. The van der Waals surface area contributed by atoms with Crippen LogP contribution in [0.2, 0.25) is 0 Å². The first-order valence-corrected chi connectivity index (χ1v) is 11.0. The van der Waals surface area contributed by atoms with Crippen LogP contribution in [0.1, 0.15) is 9.67 Å². The zero-order valence-electron chi connectivity index (χ0n) is 14.9. The second kappa shape index (κ2) is 7.43. The molecule has 1 aromatic heterocycles. The fourth-order valence-corrected chi connectivity index (χ4v) is 5.75. The normalized spacial score (nSPS) is 15.8. The molecule has 1 saturated heterocycles. The second-order valence-corrected chi connectivity index (χ2v) is 9.52. The summed E-state index contributed by atoms with van der Waals surface area (Å²) in [6.45, 7) is 0.170. The quantitative estimate of drug-likeness (QED) is 0.627. The van der Waals surface area contributed by atoms with E-state index in [1.165, 1.54) is 28.4 Å². The summed E-state index contributed by atoms with van der Waals surface area (Å²) in [5.41, 5.74) is 0. The van der Waals surface area contributed by atoms with Gasteiger partial charge in [0.2, 0.25) is 10.0 Å². The van der Waals surface area contributed by atoms with Crippen molar-refractivity contribution < 1.29 is 26.4 Å². The number of carbonyl (C=O) groups excluding carboxylic acids is 1. The van der Waals surface area contributed by atoms with Gasteiger partial charge in [-0.2, -0.15) is 4.31 Å². The first kappa shape index (κ1) is 19.9. The average Bonchev–Trinajstić information content (AvgIpc) is 3.13. The molecule has 0 atom stereocenters. The minimum Gasteiger partial charge on any atom is -0.335 e. The number of rotatable bonds is 3. The van der Waals surface area contributed by atoms with E-state index in [1.54, 1.807) is 12.1 Å². The maximum Gasteiger partial charge on any atom is 0.264 e. The van der Waals surface area contributed by atoms with E-state index in [2.05, 4.69) is 0 Å². The smallest absolute Gasteiger partial charge is 0.264 e.